The van der Waals surface area contributed by atoms with E-state index < -0.39 is 11.9 Å². The molecule has 2 rings (SSSR count). The van der Waals surface area contributed by atoms with Crippen molar-refractivity contribution >= 4 is 11.8 Å². The lowest BCUT2D eigenvalue weighted by molar-refractivity contribution is -0.119. The minimum Gasteiger partial charge on any atom is -0.368 e. The van der Waals surface area contributed by atoms with E-state index in [1.165, 1.54) is 0 Å². The molecule has 3 N–H and O–H groups in total. The average molecular weight is 310 g/mol. The van der Waals surface area contributed by atoms with Crippen LogP contribution < -0.4 is 11.1 Å². The summed E-state index contributed by atoms with van der Waals surface area (Å²) < 4.78 is 0. The molecule has 0 radical (unpaired) electrons. The van der Waals surface area contributed by atoms with E-state index in [0.717, 1.165) is 22.3 Å². The molecule has 0 spiro atoms. The van der Waals surface area contributed by atoms with Gasteiger partial charge in [0.15, 0.2) is 0 Å². The number of primary amides is 1. The number of hydrogen-bond donors (Lipinski definition) is 2. The lowest BCUT2D eigenvalue weighted by Crippen LogP contribution is -2.46. The quantitative estimate of drug-likeness (QED) is 0.890. The highest BCUT2D eigenvalue weighted by Gasteiger charge is 2.20. The number of carbonyl (C=O) groups excluding carboxylic acids is 2. The van der Waals surface area contributed by atoms with Crippen molar-refractivity contribution < 1.29 is 9.59 Å². The Kier molecular flexibility index (Phi) is 5.16. The van der Waals surface area contributed by atoms with Crippen LogP contribution in [0.4, 0.5) is 0 Å². The summed E-state index contributed by atoms with van der Waals surface area (Å²) in [7, 11) is 0. The molecule has 2 aromatic carbocycles. The third-order valence-electron chi connectivity index (χ3n) is 3.82. The summed E-state index contributed by atoms with van der Waals surface area (Å²) in [5, 5.41) is 2.75. The van der Waals surface area contributed by atoms with Crippen molar-refractivity contribution in [3.8, 4) is 0 Å². The Bertz CT molecular complexity index is 718. The van der Waals surface area contributed by atoms with Crippen LogP contribution >= 0.6 is 0 Å². The molecule has 0 aromatic heterocycles. The molecule has 120 valence electrons. The molecule has 0 bridgehead atoms. The van der Waals surface area contributed by atoms with Gasteiger partial charge in [-0.1, -0.05) is 41.5 Å². The van der Waals surface area contributed by atoms with E-state index in [2.05, 4.69) is 5.32 Å². The maximum atomic E-state index is 12.4. The van der Waals surface area contributed by atoms with Gasteiger partial charge in [0, 0.05) is 12.0 Å². The highest BCUT2D eigenvalue weighted by molar-refractivity contribution is 5.97. The Balaban J connectivity index is 2.18. The van der Waals surface area contributed by atoms with E-state index in [1.807, 2.05) is 51.1 Å². The molecule has 4 heteroatoms. The summed E-state index contributed by atoms with van der Waals surface area (Å²) in [4.78, 5) is 24.1. The van der Waals surface area contributed by atoms with Crippen molar-refractivity contribution in [2.45, 2.75) is 33.2 Å². The fourth-order valence-electron chi connectivity index (χ4n) is 2.63. The van der Waals surface area contributed by atoms with E-state index in [1.54, 1.807) is 12.1 Å². The molecule has 1 atom stereocenters. The van der Waals surface area contributed by atoms with Crippen molar-refractivity contribution in [3.63, 3.8) is 0 Å². The van der Waals surface area contributed by atoms with Crippen molar-refractivity contribution in [3.05, 3.63) is 70.3 Å². The zero-order valence-corrected chi connectivity index (χ0v) is 13.7. The van der Waals surface area contributed by atoms with Crippen molar-refractivity contribution in [2.24, 2.45) is 5.73 Å². The second-order valence-corrected chi connectivity index (χ2v) is 5.94. The van der Waals surface area contributed by atoms with Crippen LogP contribution in [-0.4, -0.2) is 17.9 Å². The molecule has 0 fully saturated rings. The number of aryl methyl sites for hydroxylation is 3. The molecule has 2 aromatic rings. The summed E-state index contributed by atoms with van der Waals surface area (Å²) in [6.45, 7) is 5.84. The van der Waals surface area contributed by atoms with Crippen molar-refractivity contribution in [1.29, 1.82) is 0 Å². The number of nitrogens with two attached hydrogens (primary N) is 1. The topological polar surface area (TPSA) is 72.2 Å². The number of nitrogens with one attached hydrogen (secondary N) is 1. The van der Waals surface area contributed by atoms with Gasteiger partial charge in [0.05, 0.1) is 0 Å². The zero-order chi connectivity index (χ0) is 17.0. The SMILES string of the molecule is Cc1cc(C)cc(C(=O)N[C@@H](Cc2ccccc2C)C(N)=O)c1. The Morgan fingerprint density at radius 2 is 1.65 bits per heavy atom. The molecule has 4 nitrogen and oxygen atoms in total. The Labute approximate surface area is 136 Å². The van der Waals surface area contributed by atoms with Gasteiger partial charge < -0.3 is 11.1 Å². The number of carbonyl (C=O) groups is 2. The van der Waals surface area contributed by atoms with Crippen molar-refractivity contribution in [2.75, 3.05) is 0 Å². The van der Waals surface area contributed by atoms with Gasteiger partial charge in [-0.25, -0.2) is 0 Å². The third kappa shape index (κ3) is 4.42. The van der Waals surface area contributed by atoms with Crippen LogP contribution in [0.5, 0.6) is 0 Å². The summed E-state index contributed by atoms with van der Waals surface area (Å²) in [6.07, 6.45) is 0.387. The van der Waals surface area contributed by atoms with Gasteiger partial charge in [0.2, 0.25) is 5.91 Å². The highest BCUT2D eigenvalue weighted by Crippen LogP contribution is 2.12. The summed E-state index contributed by atoms with van der Waals surface area (Å²) in [6, 6.07) is 12.6. The summed E-state index contributed by atoms with van der Waals surface area (Å²) in [5.41, 5.74) is 10.1. The van der Waals surface area contributed by atoms with E-state index in [9.17, 15) is 9.59 Å². The predicted molar refractivity (Wildman–Crippen MR) is 91.2 cm³/mol. The molecule has 0 aliphatic rings. The van der Waals surface area contributed by atoms with Gasteiger partial charge in [0.1, 0.15) is 6.04 Å². The van der Waals surface area contributed by atoms with Gasteiger partial charge in [0.25, 0.3) is 5.91 Å². The Hall–Kier alpha value is -2.62. The zero-order valence-electron chi connectivity index (χ0n) is 13.7. The van der Waals surface area contributed by atoms with Crippen LogP contribution in [-0.2, 0) is 11.2 Å². The molecule has 0 saturated carbocycles. The lowest BCUT2D eigenvalue weighted by atomic mass is 10.00. The summed E-state index contributed by atoms with van der Waals surface area (Å²) >= 11 is 0. The first-order chi connectivity index (χ1) is 10.9. The minimum atomic E-state index is -0.732. The largest absolute Gasteiger partial charge is 0.368 e. The van der Waals surface area contributed by atoms with Crippen LogP contribution in [0, 0.1) is 20.8 Å². The number of amides is 2. The molecule has 0 unspecified atom stereocenters. The van der Waals surface area contributed by atoms with E-state index >= 15 is 0 Å². The van der Waals surface area contributed by atoms with Crippen LogP contribution in [0.2, 0.25) is 0 Å². The van der Waals surface area contributed by atoms with E-state index in [4.69, 9.17) is 5.73 Å². The molecule has 23 heavy (non-hydrogen) atoms. The fraction of sp³-hybridized carbons (Fsp3) is 0.263. The first kappa shape index (κ1) is 16.7. The molecule has 0 aliphatic carbocycles. The van der Waals surface area contributed by atoms with Gasteiger partial charge in [-0.3, -0.25) is 9.59 Å². The maximum absolute atomic E-state index is 12.4. The predicted octanol–water partition coefficient (Wildman–Crippen LogP) is 2.44. The van der Waals surface area contributed by atoms with Gasteiger partial charge in [-0.2, -0.15) is 0 Å². The number of benzene rings is 2. The molecular formula is C19H22N2O2. The van der Waals surface area contributed by atoms with Crippen molar-refractivity contribution in [1.82, 2.24) is 5.32 Å². The summed E-state index contributed by atoms with van der Waals surface area (Å²) in [5.74, 6) is -0.819. The third-order valence-corrected chi connectivity index (χ3v) is 3.82. The second kappa shape index (κ2) is 7.09. The van der Waals surface area contributed by atoms with Gasteiger partial charge in [-0.05, 0) is 44.0 Å². The van der Waals surface area contributed by atoms with Crippen LogP contribution in [0.3, 0.4) is 0 Å². The normalized spacial score (nSPS) is 11.8. The molecular weight excluding hydrogens is 288 g/mol. The van der Waals surface area contributed by atoms with E-state index in [0.29, 0.717) is 12.0 Å². The smallest absolute Gasteiger partial charge is 0.251 e. The maximum Gasteiger partial charge on any atom is 0.251 e. The second-order valence-electron chi connectivity index (χ2n) is 5.94. The molecule has 0 aliphatic heterocycles. The monoisotopic (exact) mass is 310 g/mol. The first-order valence-corrected chi connectivity index (χ1v) is 7.60. The first-order valence-electron chi connectivity index (χ1n) is 7.60. The molecule has 0 heterocycles. The minimum absolute atomic E-state index is 0.283. The van der Waals surface area contributed by atoms with Crippen LogP contribution in [0.25, 0.3) is 0 Å². The Morgan fingerprint density at radius 3 is 2.22 bits per heavy atom. The van der Waals surface area contributed by atoms with E-state index in [-0.39, 0.29) is 5.91 Å². The van der Waals surface area contributed by atoms with Crippen LogP contribution in [0.15, 0.2) is 42.5 Å². The highest BCUT2D eigenvalue weighted by atomic mass is 16.2. The molecule has 2 amide bonds. The van der Waals surface area contributed by atoms with Crippen LogP contribution in [0.1, 0.15) is 32.6 Å². The Morgan fingerprint density at radius 1 is 1.04 bits per heavy atom. The fourth-order valence-corrected chi connectivity index (χ4v) is 2.63. The lowest BCUT2D eigenvalue weighted by Gasteiger charge is -2.17. The average Bonchev–Trinajstić information content (AvgIpc) is 2.47. The number of rotatable bonds is 5. The van der Waals surface area contributed by atoms with Gasteiger partial charge in [-0.15, -0.1) is 0 Å². The van der Waals surface area contributed by atoms with Gasteiger partial charge >= 0.3 is 0 Å². The molecule has 0 saturated heterocycles. The standard InChI is InChI=1S/C19H22N2O2/c1-12-8-13(2)10-16(9-12)19(23)21-17(18(20)22)11-15-7-5-4-6-14(15)3/h4-10,17H,11H2,1-3H3,(H2,20,22)(H,21,23)/t17-/m0/s1. The number of hydrogen-bond acceptors (Lipinski definition) is 2.